The topological polar surface area (TPSA) is 127 Å². The first kappa shape index (κ1) is 21.4. The summed E-state index contributed by atoms with van der Waals surface area (Å²) in [5.41, 5.74) is 2.02. The molecule has 1 atom stereocenters. The highest BCUT2D eigenvalue weighted by atomic mass is 32.2. The van der Waals surface area contributed by atoms with Crippen molar-refractivity contribution in [1.29, 1.82) is 0 Å². The van der Waals surface area contributed by atoms with Gasteiger partial charge in [-0.15, -0.1) is 10.2 Å². The number of anilines is 3. The van der Waals surface area contributed by atoms with E-state index < -0.39 is 6.10 Å². The SMILES string of the molecule is C[C@H]1Oc2ccc(NC(=O)c3ccc(NC(=O)CSc4nncn4C)cc3)cc2NC1=O. The zero-order chi connectivity index (χ0) is 22.7. The first-order valence-corrected chi connectivity index (χ1v) is 10.7. The maximum Gasteiger partial charge on any atom is 0.265 e. The van der Waals surface area contributed by atoms with Crippen LogP contribution in [-0.4, -0.2) is 44.3 Å². The van der Waals surface area contributed by atoms with Crippen molar-refractivity contribution in [2.24, 2.45) is 7.05 Å². The monoisotopic (exact) mass is 452 g/mol. The Morgan fingerprint density at radius 3 is 2.62 bits per heavy atom. The maximum atomic E-state index is 12.6. The Bertz CT molecular complexity index is 1180. The van der Waals surface area contributed by atoms with E-state index in [9.17, 15) is 14.4 Å². The van der Waals surface area contributed by atoms with Gasteiger partial charge in [0.05, 0.1) is 11.4 Å². The van der Waals surface area contributed by atoms with Gasteiger partial charge < -0.3 is 25.3 Å². The van der Waals surface area contributed by atoms with Crippen LogP contribution in [-0.2, 0) is 16.6 Å². The molecule has 164 valence electrons. The molecule has 1 aliphatic heterocycles. The molecule has 2 aromatic carbocycles. The van der Waals surface area contributed by atoms with Gasteiger partial charge in [-0.05, 0) is 49.4 Å². The summed E-state index contributed by atoms with van der Waals surface area (Å²) >= 11 is 1.28. The molecule has 10 nitrogen and oxygen atoms in total. The van der Waals surface area contributed by atoms with Gasteiger partial charge in [-0.25, -0.2) is 0 Å². The number of nitrogens with zero attached hydrogens (tertiary/aromatic N) is 3. The molecule has 0 saturated heterocycles. The van der Waals surface area contributed by atoms with Crippen LogP contribution < -0.4 is 20.7 Å². The molecule has 3 aromatic rings. The van der Waals surface area contributed by atoms with Gasteiger partial charge in [0.2, 0.25) is 5.91 Å². The molecule has 11 heteroatoms. The Labute approximate surface area is 187 Å². The summed E-state index contributed by atoms with van der Waals surface area (Å²) in [4.78, 5) is 36.5. The molecule has 0 unspecified atom stereocenters. The van der Waals surface area contributed by atoms with Crippen LogP contribution in [0.5, 0.6) is 5.75 Å². The number of thioether (sulfide) groups is 1. The smallest absolute Gasteiger partial charge is 0.265 e. The van der Waals surface area contributed by atoms with Crippen LogP contribution in [0.4, 0.5) is 17.1 Å². The molecule has 32 heavy (non-hydrogen) atoms. The van der Waals surface area contributed by atoms with Crippen LogP contribution >= 0.6 is 11.8 Å². The largest absolute Gasteiger partial charge is 0.479 e. The second kappa shape index (κ2) is 9.10. The van der Waals surface area contributed by atoms with Gasteiger partial charge in [0, 0.05) is 24.0 Å². The Morgan fingerprint density at radius 2 is 1.91 bits per heavy atom. The van der Waals surface area contributed by atoms with E-state index in [1.54, 1.807) is 67.3 Å². The molecule has 0 aliphatic carbocycles. The molecular formula is C21H20N6O4S. The third kappa shape index (κ3) is 4.89. The zero-order valence-corrected chi connectivity index (χ0v) is 18.1. The lowest BCUT2D eigenvalue weighted by Crippen LogP contribution is -2.34. The molecule has 3 amide bonds. The number of aryl methyl sites for hydroxylation is 1. The van der Waals surface area contributed by atoms with Gasteiger partial charge in [0.1, 0.15) is 12.1 Å². The van der Waals surface area contributed by atoms with Gasteiger partial charge >= 0.3 is 0 Å². The van der Waals surface area contributed by atoms with E-state index in [0.717, 1.165) is 0 Å². The zero-order valence-electron chi connectivity index (χ0n) is 17.3. The first-order valence-electron chi connectivity index (χ1n) is 9.68. The molecule has 1 aliphatic rings. The predicted molar refractivity (Wildman–Crippen MR) is 120 cm³/mol. The number of rotatable bonds is 6. The van der Waals surface area contributed by atoms with Gasteiger partial charge in [0.15, 0.2) is 11.3 Å². The number of ether oxygens (including phenoxy) is 1. The molecule has 0 radical (unpaired) electrons. The van der Waals surface area contributed by atoms with Gasteiger partial charge in [0.25, 0.3) is 11.8 Å². The van der Waals surface area contributed by atoms with Crippen molar-refractivity contribution >= 4 is 46.5 Å². The van der Waals surface area contributed by atoms with E-state index in [-0.39, 0.29) is 23.5 Å². The third-order valence-corrected chi connectivity index (χ3v) is 5.64. The number of fused-ring (bicyclic) bond motifs is 1. The van der Waals surface area contributed by atoms with Crippen molar-refractivity contribution in [2.45, 2.75) is 18.2 Å². The fraction of sp³-hybridized carbons (Fsp3) is 0.190. The summed E-state index contributed by atoms with van der Waals surface area (Å²) in [6.07, 6.45) is 1.01. The number of benzene rings is 2. The standard InChI is InChI=1S/C21H20N6O4S/c1-12-19(29)25-16-9-15(7-8-17(16)31-12)24-20(30)13-3-5-14(6-4-13)23-18(28)10-32-21-26-22-11-27(21)2/h3-9,11-12H,10H2,1-2H3,(H,23,28)(H,24,30)(H,25,29)/t12-/m1/s1. The van der Waals surface area contributed by atoms with Gasteiger partial charge in [-0.1, -0.05) is 11.8 Å². The lowest BCUT2D eigenvalue weighted by Gasteiger charge is -2.23. The maximum absolute atomic E-state index is 12.6. The summed E-state index contributed by atoms with van der Waals surface area (Å²) in [5.74, 6) is -0.0207. The predicted octanol–water partition coefficient (Wildman–Crippen LogP) is 2.52. The molecule has 0 saturated carbocycles. The summed E-state index contributed by atoms with van der Waals surface area (Å²) < 4.78 is 7.24. The number of carbonyl (C=O) groups excluding carboxylic acids is 3. The fourth-order valence-electron chi connectivity index (χ4n) is 2.93. The number of nitrogens with one attached hydrogen (secondary N) is 3. The van der Waals surface area contributed by atoms with E-state index >= 15 is 0 Å². The highest BCUT2D eigenvalue weighted by molar-refractivity contribution is 7.99. The molecule has 1 aromatic heterocycles. The van der Waals surface area contributed by atoms with Crippen molar-refractivity contribution in [2.75, 3.05) is 21.7 Å². The molecule has 0 fully saturated rings. The van der Waals surface area contributed by atoms with Crippen LogP contribution in [0.2, 0.25) is 0 Å². The van der Waals surface area contributed by atoms with Gasteiger partial charge in [-0.3, -0.25) is 14.4 Å². The highest BCUT2D eigenvalue weighted by Crippen LogP contribution is 2.32. The Balaban J connectivity index is 1.33. The van der Waals surface area contributed by atoms with Crippen molar-refractivity contribution < 1.29 is 19.1 Å². The van der Waals surface area contributed by atoms with Crippen LogP contribution in [0, 0.1) is 0 Å². The fourth-order valence-corrected chi connectivity index (χ4v) is 3.61. The number of amides is 3. The minimum Gasteiger partial charge on any atom is -0.479 e. The summed E-state index contributed by atoms with van der Waals surface area (Å²) in [7, 11) is 1.80. The first-order chi connectivity index (χ1) is 15.4. The van der Waals surface area contributed by atoms with E-state index in [2.05, 4.69) is 26.1 Å². The number of aromatic nitrogens is 3. The molecular weight excluding hydrogens is 432 g/mol. The molecule has 0 spiro atoms. The second-order valence-corrected chi connectivity index (χ2v) is 8.00. The van der Waals surface area contributed by atoms with Gasteiger partial charge in [-0.2, -0.15) is 0 Å². The van der Waals surface area contributed by atoms with E-state index in [0.29, 0.717) is 33.5 Å². The number of hydrogen-bond acceptors (Lipinski definition) is 7. The normalized spacial score (nSPS) is 14.7. The lowest BCUT2D eigenvalue weighted by molar-refractivity contribution is -0.122. The van der Waals surface area contributed by atoms with E-state index in [4.69, 9.17) is 4.74 Å². The summed E-state index contributed by atoms with van der Waals surface area (Å²) in [6, 6.07) is 11.6. The highest BCUT2D eigenvalue weighted by Gasteiger charge is 2.23. The number of carbonyl (C=O) groups is 3. The van der Waals surface area contributed by atoms with E-state index in [1.807, 2.05) is 0 Å². The average Bonchev–Trinajstić information content (AvgIpc) is 3.18. The molecule has 3 N–H and O–H groups in total. The minimum atomic E-state index is -0.563. The number of hydrogen-bond donors (Lipinski definition) is 3. The Hall–Kier alpha value is -3.86. The van der Waals surface area contributed by atoms with Crippen molar-refractivity contribution in [3.8, 4) is 5.75 Å². The van der Waals surface area contributed by atoms with Crippen molar-refractivity contribution in [1.82, 2.24) is 14.8 Å². The summed E-state index contributed by atoms with van der Waals surface area (Å²) in [5, 5.41) is 16.6. The van der Waals surface area contributed by atoms with Crippen LogP contribution in [0.25, 0.3) is 0 Å². The average molecular weight is 452 g/mol. The van der Waals surface area contributed by atoms with E-state index in [1.165, 1.54) is 11.8 Å². The molecule has 2 heterocycles. The Kier molecular flexibility index (Phi) is 6.08. The minimum absolute atomic E-state index is 0.187. The van der Waals surface area contributed by atoms with Crippen LogP contribution in [0.1, 0.15) is 17.3 Å². The third-order valence-electron chi connectivity index (χ3n) is 4.60. The summed E-state index contributed by atoms with van der Waals surface area (Å²) in [6.45, 7) is 1.66. The quantitative estimate of drug-likeness (QED) is 0.491. The van der Waals surface area contributed by atoms with Crippen molar-refractivity contribution in [3.05, 3.63) is 54.4 Å². The second-order valence-electron chi connectivity index (χ2n) is 7.05. The molecule has 4 rings (SSSR count). The van der Waals surface area contributed by atoms with Crippen LogP contribution in [0.15, 0.2) is 53.9 Å². The van der Waals surface area contributed by atoms with Crippen LogP contribution in [0.3, 0.4) is 0 Å². The lowest BCUT2D eigenvalue weighted by atomic mass is 10.1. The van der Waals surface area contributed by atoms with Crippen molar-refractivity contribution in [3.63, 3.8) is 0 Å². The molecule has 0 bridgehead atoms. The Morgan fingerprint density at radius 1 is 1.16 bits per heavy atom.